The number of amides is 1. The molecule has 2 atom stereocenters. The van der Waals surface area contributed by atoms with Crippen molar-refractivity contribution >= 4 is 5.91 Å². The number of likely N-dealkylation sites (tertiary alicyclic amines) is 1. The molecule has 0 radical (unpaired) electrons. The zero-order chi connectivity index (χ0) is 15.4. The van der Waals surface area contributed by atoms with E-state index in [1.165, 1.54) is 0 Å². The Bertz CT molecular complexity index is 437. The molecule has 5 heteroatoms. The van der Waals surface area contributed by atoms with Gasteiger partial charge in [-0.25, -0.2) is 0 Å². The van der Waals surface area contributed by atoms with Gasteiger partial charge in [0.1, 0.15) is 11.6 Å². The minimum absolute atomic E-state index is 0.0217. The fraction of sp³-hybridized carbons (Fsp3) is 0.750. The van der Waals surface area contributed by atoms with Crippen LogP contribution in [0.2, 0.25) is 0 Å². The number of rotatable bonds is 2. The van der Waals surface area contributed by atoms with Crippen molar-refractivity contribution < 1.29 is 9.53 Å². The first-order valence-electron chi connectivity index (χ1n) is 7.80. The molecule has 1 amide bonds. The normalized spacial score (nSPS) is 28.4. The van der Waals surface area contributed by atoms with E-state index in [1.807, 2.05) is 13.8 Å². The number of morpholine rings is 1. The molecule has 5 nitrogen and oxygen atoms in total. The van der Waals surface area contributed by atoms with E-state index in [1.54, 1.807) is 11.1 Å². The third-order valence-corrected chi connectivity index (χ3v) is 4.19. The van der Waals surface area contributed by atoms with Gasteiger partial charge in [-0.2, -0.15) is 5.26 Å². The van der Waals surface area contributed by atoms with E-state index in [2.05, 4.69) is 17.9 Å². The van der Waals surface area contributed by atoms with E-state index in [-0.39, 0.29) is 23.7 Å². The summed E-state index contributed by atoms with van der Waals surface area (Å²) < 4.78 is 5.63. The summed E-state index contributed by atoms with van der Waals surface area (Å²) in [5.41, 5.74) is 0.242. The number of hydrogen-bond acceptors (Lipinski definition) is 4. The van der Waals surface area contributed by atoms with Gasteiger partial charge in [0, 0.05) is 32.4 Å². The van der Waals surface area contributed by atoms with Crippen LogP contribution < -0.4 is 0 Å². The van der Waals surface area contributed by atoms with E-state index in [4.69, 9.17) is 4.74 Å². The number of carbonyl (C=O) groups excluding carboxylic acids is 1. The molecule has 0 bridgehead atoms. The van der Waals surface area contributed by atoms with Gasteiger partial charge in [-0.1, -0.05) is 6.92 Å². The number of piperidine rings is 1. The van der Waals surface area contributed by atoms with Crippen LogP contribution in [-0.2, 0) is 9.53 Å². The van der Waals surface area contributed by atoms with Gasteiger partial charge in [-0.05, 0) is 32.6 Å². The Morgan fingerprint density at radius 2 is 1.76 bits per heavy atom. The summed E-state index contributed by atoms with van der Waals surface area (Å²) in [5.74, 6) is 0.565. The first-order valence-corrected chi connectivity index (χ1v) is 7.80. The summed E-state index contributed by atoms with van der Waals surface area (Å²) in [6.45, 7) is 9.12. The third kappa shape index (κ3) is 4.21. The molecule has 2 saturated heterocycles. The Morgan fingerprint density at radius 3 is 2.29 bits per heavy atom. The molecule has 116 valence electrons. The second-order valence-corrected chi connectivity index (χ2v) is 6.34. The van der Waals surface area contributed by atoms with Crippen molar-refractivity contribution in [2.45, 2.75) is 45.8 Å². The van der Waals surface area contributed by atoms with E-state index in [9.17, 15) is 10.1 Å². The standard InChI is InChI=1S/C16H25N3O2/c1-12-4-6-18(7-5-12)11-15(8-17)16(20)19-9-13(2)21-14(3)10-19/h11-14H,4-7,9-10H2,1-3H3/b15-11-. The Labute approximate surface area is 127 Å². The average molecular weight is 291 g/mol. The van der Waals surface area contributed by atoms with Gasteiger partial charge < -0.3 is 14.5 Å². The second-order valence-electron chi connectivity index (χ2n) is 6.34. The Hall–Kier alpha value is -1.54. The van der Waals surface area contributed by atoms with Crippen LogP contribution in [0.25, 0.3) is 0 Å². The Morgan fingerprint density at radius 1 is 1.19 bits per heavy atom. The molecule has 0 aromatic heterocycles. The highest BCUT2D eigenvalue weighted by Crippen LogP contribution is 2.18. The molecule has 2 aliphatic rings. The lowest BCUT2D eigenvalue weighted by Crippen LogP contribution is -2.48. The highest BCUT2D eigenvalue weighted by molar-refractivity contribution is 5.97. The monoisotopic (exact) mass is 291 g/mol. The van der Waals surface area contributed by atoms with E-state index in [0.717, 1.165) is 31.8 Å². The zero-order valence-corrected chi connectivity index (χ0v) is 13.2. The lowest BCUT2D eigenvalue weighted by molar-refractivity contribution is -0.138. The predicted molar refractivity (Wildman–Crippen MR) is 80.3 cm³/mol. The van der Waals surface area contributed by atoms with Crippen LogP contribution >= 0.6 is 0 Å². The minimum Gasteiger partial charge on any atom is -0.376 e. The Kier molecular flexibility index (Phi) is 5.24. The molecular formula is C16H25N3O2. The maximum Gasteiger partial charge on any atom is 0.266 e. The van der Waals surface area contributed by atoms with Crippen molar-refractivity contribution in [1.29, 1.82) is 5.26 Å². The lowest BCUT2D eigenvalue weighted by atomic mass is 9.99. The predicted octanol–water partition coefficient (Wildman–Crippen LogP) is 1.76. The zero-order valence-electron chi connectivity index (χ0n) is 13.2. The van der Waals surface area contributed by atoms with Crippen LogP contribution in [0.4, 0.5) is 0 Å². The number of hydrogen-bond donors (Lipinski definition) is 0. The summed E-state index contributed by atoms with van der Waals surface area (Å²) in [6.07, 6.45) is 4.03. The molecule has 21 heavy (non-hydrogen) atoms. The van der Waals surface area contributed by atoms with Gasteiger partial charge in [0.25, 0.3) is 5.91 Å². The van der Waals surface area contributed by atoms with Gasteiger partial charge in [-0.15, -0.1) is 0 Å². The first-order chi connectivity index (χ1) is 9.99. The van der Waals surface area contributed by atoms with Crippen LogP contribution in [0.1, 0.15) is 33.6 Å². The van der Waals surface area contributed by atoms with Gasteiger partial charge in [0.15, 0.2) is 0 Å². The van der Waals surface area contributed by atoms with Crippen LogP contribution in [0, 0.1) is 17.2 Å². The van der Waals surface area contributed by atoms with E-state index >= 15 is 0 Å². The van der Waals surface area contributed by atoms with Crippen molar-refractivity contribution in [3.05, 3.63) is 11.8 Å². The maximum atomic E-state index is 12.5. The number of nitriles is 1. The van der Waals surface area contributed by atoms with Crippen molar-refractivity contribution in [3.63, 3.8) is 0 Å². The maximum absolute atomic E-state index is 12.5. The molecule has 0 aromatic rings. The van der Waals surface area contributed by atoms with Crippen LogP contribution in [-0.4, -0.2) is 54.1 Å². The summed E-state index contributed by atoms with van der Waals surface area (Å²) >= 11 is 0. The largest absolute Gasteiger partial charge is 0.376 e. The van der Waals surface area contributed by atoms with Crippen molar-refractivity contribution in [1.82, 2.24) is 9.80 Å². The smallest absolute Gasteiger partial charge is 0.266 e. The van der Waals surface area contributed by atoms with Gasteiger partial charge in [0.05, 0.1) is 12.2 Å². The number of nitrogens with zero attached hydrogens (tertiary/aromatic N) is 3. The lowest BCUT2D eigenvalue weighted by Gasteiger charge is -2.35. The molecule has 2 aliphatic heterocycles. The average Bonchev–Trinajstić information content (AvgIpc) is 2.45. The van der Waals surface area contributed by atoms with Crippen molar-refractivity contribution in [3.8, 4) is 6.07 Å². The van der Waals surface area contributed by atoms with Crippen molar-refractivity contribution in [2.75, 3.05) is 26.2 Å². The number of ether oxygens (including phenoxy) is 1. The molecule has 0 aliphatic carbocycles. The highest BCUT2D eigenvalue weighted by atomic mass is 16.5. The molecule has 0 N–H and O–H groups in total. The molecule has 2 fully saturated rings. The summed E-state index contributed by atoms with van der Waals surface area (Å²) in [6, 6.07) is 2.07. The SMILES string of the molecule is CC1CCN(/C=C(/C#N)C(=O)N2CC(C)OC(C)C2)CC1. The van der Waals surface area contributed by atoms with Crippen LogP contribution in [0.15, 0.2) is 11.8 Å². The van der Waals surface area contributed by atoms with Crippen LogP contribution in [0.5, 0.6) is 0 Å². The topological polar surface area (TPSA) is 56.6 Å². The molecular weight excluding hydrogens is 266 g/mol. The first kappa shape index (κ1) is 15.8. The minimum atomic E-state index is -0.168. The van der Waals surface area contributed by atoms with Crippen molar-refractivity contribution in [2.24, 2.45) is 5.92 Å². The third-order valence-electron chi connectivity index (χ3n) is 4.19. The molecule has 2 heterocycles. The molecule has 0 spiro atoms. The van der Waals surface area contributed by atoms with Gasteiger partial charge in [-0.3, -0.25) is 4.79 Å². The Balaban J connectivity index is 2.03. The summed E-state index contributed by atoms with van der Waals surface area (Å²) in [4.78, 5) is 16.3. The van der Waals surface area contributed by atoms with E-state index in [0.29, 0.717) is 13.1 Å². The summed E-state index contributed by atoms with van der Waals surface area (Å²) in [7, 11) is 0. The molecule has 2 unspecified atom stereocenters. The molecule has 2 rings (SSSR count). The fourth-order valence-electron chi connectivity index (χ4n) is 2.99. The van der Waals surface area contributed by atoms with E-state index < -0.39 is 0 Å². The summed E-state index contributed by atoms with van der Waals surface area (Å²) in [5, 5.41) is 9.32. The quantitative estimate of drug-likeness (QED) is 0.574. The van der Waals surface area contributed by atoms with Crippen LogP contribution in [0.3, 0.4) is 0 Å². The second kappa shape index (κ2) is 6.95. The fourth-order valence-corrected chi connectivity index (χ4v) is 2.99. The molecule has 0 saturated carbocycles. The number of carbonyl (C=O) groups is 1. The highest BCUT2D eigenvalue weighted by Gasteiger charge is 2.28. The van der Waals surface area contributed by atoms with Gasteiger partial charge in [0.2, 0.25) is 0 Å². The molecule has 0 aromatic carbocycles. The van der Waals surface area contributed by atoms with Gasteiger partial charge >= 0.3 is 0 Å².